The van der Waals surface area contributed by atoms with E-state index in [9.17, 15) is 4.39 Å². The highest BCUT2D eigenvalue weighted by Crippen LogP contribution is 2.05. The summed E-state index contributed by atoms with van der Waals surface area (Å²) in [4.78, 5) is 7.65. The van der Waals surface area contributed by atoms with Gasteiger partial charge in [-0.3, -0.25) is 0 Å². The van der Waals surface area contributed by atoms with Crippen LogP contribution in [0.25, 0.3) is 0 Å². The summed E-state index contributed by atoms with van der Waals surface area (Å²) in [6.07, 6.45) is 0. The van der Waals surface area contributed by atoms with E-state index < -0.39 is 5.95 Å². The molecular weight excluding hydrogens is 159 g/mol. The van der Waals surface area contributed by atoms with Crippen molar-refractivity contribution in [3.8, 4) is 0 Å². The molecule has 0 aromatic carbocycles. The number of rotatable bonds is 1. The molecule has 62 valence electrons. The average Bonchev–Trinajstić information content (AvgIpc) is 2.56. The van der Waals surface area contributed by atoms with Gasteiger partial charge in [-0.15, -0.1) is 0 Å². The summed E-state index contributed by atoms with van der Waals surface area (Å²) in [5.41, 5.74) is 0.465. The van der Waals surface area contributed by atoms with Crippen LogP contribution in [0.2, 0.25) is 0 Å². The standard InChI is InChI=1S/C8H7FN2O/c9-7-3-1-2-6(11-7)8-10-4-5-12-8/h1-3H,4-5H2. The SMILES string of the molecule is Fc1cccc(C2=NCCO2)n1. The first-order valence-corrected chi connectivity index (χ1v) is 3.66. The topological polar surface area (TPSA) is 34.5 Å². The quantitative estimate of drug-likeness (QED) is 0.583. The van der Waals surface area contributed by atoms with Crippen LogP contribution in [0, 0.1) is 5.95 Å². The average molecular weight is 166 g/mol. The van der Waals surface area contributed by atoms with Crippen molar-refractivity contribution in [1.82, 2.24) is 4.98 Å². The Morgan fingerprint density at radius 1 is 1.42 bits per heavy atom. The molecule has 0 saturated carbocycles. The monoisotopic (exact) mass is 166 g/mol. The molecule has 0 saturated heterocycles. The summed E-state index contributed by atoms with van der Waals surface area (Å²) in [7, 11) is 0. The molecular formula is C8H7FN2O. The molecule has 0 atom stereocenters. The first-order valence-electron chi connectivity index (χ1n) is 3.66. The van der Waals surface area contributed by atoms with Crippen LogP contribution in [0.3, 0.4) is 0 Å². The summed E-state index contributed by atoms with van der Waals surface area (Å²) in [6.45, 7) is 1.20. The lowest BCUT2D eigenvalue weighted by atomic mass is 10.3. The van der Waals surface area contributed by atoms with Gasteiger partial charge in [0.25, 0.3) is 0 Å². The van der Waals surface area contributed by atoms with Crippen LogP contribution in [-0.2, 0) is 4.74 Å². The smallest absolute Gasteiger partial charge is 0.235 e. The van der Waals surface area contributed by atoms with Gasteiger partial charge in [0.15, 0.2) is 0 Å². The predicted molar refractivity (Wildman–Crippen MR) is 41.6 cm³/mol. The van der Waals surface area contributed by atoms with Crippen LogP contribution in [0.5, 0.6) is 0 Å². The van der Waals surface area contributed by atoms with Gasteiger partial charge in [-0.05, 0) is 12.1 Å². The molecule has 0 aliphatic carbocycles. The van der Waals surface area contributed by atoms with Crippen molar-refractivity contribution in [2.45, 2.75) is 0 Å². The second-order valence-corrected chi connectivity index (χ2v) is 2.38. The van der Waals surface area contributed by atoms with Crippen LogP contribution in [0.1, 0.15) is 5.69 Å². The minimum absolute atomic E-state index is 0.439. The second-order valence-electron chi connectivity index (χ2n) is 2.38. The molecule has 0 bridgehead atoms. The molecule has 0 amide bonds. The maximum Gasteiger partial charge on any atom is 0.235 e. The Balaban J connectivity index is 2.33. The van der Waals surface area contributed by atoms with Gasteiger partial charge in [-0.1, -0.05) is 6.07 Å². The lowest BCUT2D eigenvalue weighted by Gasteiger charge is -1.98. The van der Waals surface area contributed by atoms with Crippen molar-refractivity contribution in [3.63, 3.8) is 0 Å². The van der Waals surface area contributed by atoms with Gasteiger partial charge in [0, 0.05) is 0 Å². The molecule has 0 fully saturated rings. The molecule has 12 heavy (non-hydrogen) atoms. The van der Waals surface area contributed by atoms with E-state index in [0.29, 0.717) is 24.7 Å². The number of halogens is 1. The van der Waals surface area contributed by atoms with Gasteiger partial charge in [-0.2, -0.15) is 4.39 Å². The fourth-order valence-corrected chi connectivity index (χ4v) is 1.02. The van der Waals surface area contributed by atoms with Gasteiger partial charge in [0.05, 0.1) is 6.54 Å². The molecule has 1 aromatic rings. The van der Waals surface area contributed by atoms with E-state index in [2.05, 4.69) is 9.98 Å². The van der Waals surface area contributed by atoms with Crippen molar-refractivity contribution in [2.24, 2.45) is 4.99 Å². The molecule has 2 heterocycles. The zero-order valence-electron chi connectivity index (χ0n) is 6.33. The number of ether oxygens (including phenoxy) is 1. The normalized spacial score (nSPS) is 15.6. The Labute approximate surface area is 68.9 Å². The van der Waals surface area contributed by atoms with Crippen molar-refractivity contribution in [3.05, 3.63) is 29.8 Å². The van der Waals surface area contributed by atoms with Gasteiger partial charge < -0.3 is 4.74 Å². The lowest BCUT2D eigenvalue weighted by molar-refractivity contribution is 0.347. The highest BCUT2D eigenvalue weighted by Gasteiger charge is 2.11. The number of aliphatic imine (C=N–C) groups is 1. The molecule has 0 spiro atoms. The minimum Gasteiger partial charge on any atom is -0.474 e. The van der Waals surface area contributed by atoms with Crippen LogP contribution in [-0.4, -0.2) is 24.0 Å². The highest BCUT2D eigenvalue weighted by atomic mass is 19.1. The van der Waals surface area contributed by atoms with E-state index in [4.69, 9.17) is 4.74 Å². The summed E-state index contributed by atoms with van der Waals surface area (Å²) in [5, 5.41) is 0. The number of hydrogen-bond donors (Lipinski definition) is 0. The maximum atomic E-state index is 12.6. The van der Waals surface area contributed by atoms with Crippen LogP contribution >= 0.6 is 0 Å². The number of aromatic nitrogens is 1. The van der Waals surface area contributed by atoms with E-state index in [-0.39, 0.29) is 0 Å². The summed E-state index contributed by atoms with van der Waals surface area (Å²) >= 11 is 0. The molecule has 1 aromatic heterocycles. The number of nitrogens with zero attached hydrogens (tertiary/aromatic N) is 2. The molecule has 1 aliphatic rings. The van der Waals surface area contributed by atoms with E-state index in [1.54, 1.807) is 12.1 Å². The van der Waals surface area contributed by atoms with Crippen molar-refractivity contribution in [1.29, 1.82) is 0 Å². The Morgan fingerprint density at radius 3 is 3.00 bits per heavy atom. The molecule has 3 nitrogen and oxygen atoms in total. The Bertz CT molecular complexity index is 325. The molecule has 4 heteroatoms. The third-order valence-electron chi connectivity index (χ3n) is 1.52. The first-order chi connectivity index (χ1) is 5.86. The Morgan fingerprint density at radius 2 is 2.33 bits per heavy atom. The van der Waals surface area contributed by atoms with Gasteiger partial charge in [0.2, 0.25) is 11.8 Å². The summed E-state index contributed by atoms with van der Waals surface area (Å²) < 4.78 is 17.7. The van der Waals surface area contributed by atoms with E-state index in [0.717, 1.165) is 0 Å². The minimum atomic E-state index is -0.509. The number of hydrogen-bond acceptors (Lipinski definition) is 3. The fraction of sp³-hybridized carbons (Fsp3) is 0.250. The molecule has 1 aliphatic heterocycles. The summed E-state index contributed by atoms with van der Waals surface area (Å²) in [6, 6.07) is 4.55. The fourth-order valence-electron chi connectivity index (χ4n) is 1.02. The van der Waals surface area contributed by atoms with Crippen molar-refractivity contribution in [2.75, 3.05) is 13.2 Å². The lowest BCUT2D eigenvalue weighted by Crippen LogP contribution is -2.04. The molecule has 2 rings (SSSR count). The summed E-state index contributed by atoms with van der Waals surface area (Å²) in [5.74, 6) is -0.0693. The van der Waals surface area contributed by atoms with E-state index >= 15 is 0 Å². The largest absolute Gasteiger partial charge is 0.474 e. The van der Waals surface area contributed by atoms with Gasteiger partial charge >= 0.3 is 0 Å². The van der Waals surface area contributed by atoms with Crippen LogP contribution in [0.4, 0.5) is 4.39 Å². The molecule has 0 radical (unpaired) electrons. The maximum absolute atomic E-state index is 12.6. The van der Waals surface area contributed by atoms with Crippen LogP contribution < -0.4 is 0 Å². The first kappa shape index (κ1) is 7.21. The molecule has 0 N–H and O–H groups in total. The van der Waals surface area contributed by atoms with Gasteiger partial charge in [-0.25, -0.2) is 9.98 Å². The molecule has 0 unspecified atom stereocenters. The Hall–Kier alpha value is -1.45. The zero-order chi connectivity index (χ0) is 8.39. The Kier molecular flexibility index (Phi) is 1.74. The van der Waals surface area contributed by atoms with E-state index in [1.165, 1.54) is 6.07 Å². The van der Waals surface area contributed by atoms with Crippen molar-refractivity contribution < 1.29 is 9.13 Å². The van der Waals surface area contributed by atoms with Gasteiger partial charge in [0.1, 0.15) is 12.3 Å². The van der Waals surface area contributed by atoms with Crippen LogP contribution in [0.15, 0.2) is 23.2 Å². The van der Waals surface area contributed by atoms with Crippen molar-refractivity contribution >= 4 is 5.90 Å². The third kappa shape index (κ3) is 1.28. The predicted octanol–water partition coefficient (Wildman–Crippen LogP) is 0.997. The second kappa shape index (κ2) is 2.89. The zero-order valence-corrected chi connectivity index (χ0v) is 6.33. The highest BCUT2D eigenvalue weighted by molar-refractivity contribution is 5.92. The van der Waals surface area contributed by atoms with E-state index in [1.807, 2.05) is 0 Å². The third-order valence-corrected chi connectivity index (χ3v) is 1.52. The number of pyridine rings is 1.